The SMILES string of the molecule is COc1ccc(Br)cc1COc1cccc(-c2c(-c3ccccc3C)cnc3c(C(F)(F)F)cccc23)c1. The summed E-state index contributed by atoms with van der Waals surface area (Å²) in [4.78, 5) is 4.31. The van der Waals surface area contributed by atoms with Gasteiger partial charge in [-0.1, -0.05) is 64.5 Å². The van der Waals surface area contributed by atoms with Crippen molar-refractivity contribution in [2.75, 3.05) is 7.11 Å². The molecule has 0 radical (unpaired) electrons. The van der Waals surface area contributed by atoms with Gasteiger partial charge in [-0.15, -0.1) is 0 Å². The van der Waals surface area contributed by atoms with Crippen LogP contribution in [0.15, 0.2) is 95.6 Å². The van der Waals surface area contributed by atoms with Crippen LogP contribution >= 0.6 is 15.9 Å². The topological polar surface area (TPSA) is 31.4 Å². The molecule has 5 aromatic rings. The largest absolute Gasteiger partial charge is 0.496 e. The summed E-state index contributed by atoms with van der Waals surface area (Å²) in [5.41, 5.74) is 4.06. The highest BCUT2D eigenvalue weighted by atomic mass is 79.9. The van der Waals surface area contributed by atoms with E-state index in [1.807, 2.05) is 73.7 Å². The Bertz CT molecular complexity index is 1630. The zero-order chi connectivity index (χ0) is 26.9. The fraction of sp³-hybridized carbons (Fsp3) is 0.129. The van der Waals surface area contributed by atoms with E-state index in [9.17, 15) is 13.2 Å². The van der Waals surface area contributed by atoms with Crippen LogP contribution in [0, 0.1) is 6.92 Å². The number of halogens is 4. The number of aryl methyl sites for hydroxylation is 1. The average molecular weight is 578 g/mol. The normalized spacial score (nSPS) is 11.5. The van der Waals surface area contributed by atoms with Crippen LogP contribution in [-0.2, 0) is 12.8 Å². The van der Waals surface area contributed by atoms with E-state index in [-0.39, 0.29) is 12.1 Å². The van der Waals surface area contributed by atoms with Crippen LogP contribution in [0.1, 0.15) is 16.7 Å². The first-order valence-corrected chi connectivity index (χ1v) is 12.7. The summed E-state index contributed by atoms with van der Waals surface area (Å²) in [6.45, 7) is 2.23. The molecule has 0 atom stereocenters. The zero-order valence-electron chi connectivity index (χ0n) is 20.6. The maximum absolute atomic E-state index is 13.9. The Labute approximate surface area is 227 Å². The molecule has 0 fully saturated rings. The van der Waals surface area contributed by atoms with Crippen molar-refractivity contribution in [3.8, 4) is 33.8 Å². The van der Waals surface area contributed by atoms with Gasteiger partial charge in [0, 0.05) is 32.7 Å². The lowest BCUT2D eigenvalue weighted by Gasteiger charge is -2.18. The van der Waals surface area contributed by atoms with E-state index in [1.54, 1.807) is 13.2 Å². The molecule has 0 unspecified atom stereocenters. The van der Waals surface area contributed by atoms with Crippen molar-refractivity contribution in [3.05, 3.63) is 112 Å². The maximum Gasteiger partial charge on any atom is 0.418 e. The molecule has 1 aromatic heterocycles. The number of rotatable bonds is 6. The van der Waals surface area contributed by atoms with Gasteiger partial charge in [0.1, 0.15) is 18.1 Å². The molecule has 0 aliphatic rings. The Balaban J connectivity index is 1.66. The summed E-state index contributed by atoms with van der Waals surface area (Å²) in [5, 5.41) is 0.423. The van der Waals surface area contributed by atoms with E-state index in [1.165, 1.54) is 12.3 Å². The molecule has 192 valence electrons. The first-order chi connectivity index (χ1) is 18.3. The molecule has 0 saturated heterocycles. The van der Waals surface area contributed by atoms with E-state index >= 15 is 0 Å². The highest BCUT2D eigenvalue weighted by Crippen LogP contribution is 2.42. The van der Waals surface area contributed by atoms with Crippen LogP contribution in [0.4, 0.5) is 13.2 Å². The van der Waals surface area contributed by atoms with Gasteiger partial charge in [0.25, 0.3) is 0 Å². The van der Waals surface area contributed by atoms with Crippen LogP contribution in [0.2, 0.25) is 0 Å². The highest BCUT2D eigenvalue weighted by Gasteiger charge is 2.33. The number of para-hydroxylation sites is 1. The molecule has 0 aliphatic heterocycles. The molecule has 5 rings (SSSR count). The smallest absolute Gasteiger partial charge is 0.418 e. The van der Waals surface area contributed by atoms with Crippen molar-refractivity contribution in [3.63, 3.8) is 0 Å². The van der Waals surface area contributed by atoms with Gasteiger partial charge in [0.05, 0.1) is 18.2 Å². The van der Waals surface area contributed by atoms with Gasteiger partial charge >= 0.3 is 6.18 Å². The van der Waals surface area contributed by atoms with Gasteiger partial charge in [-0.2, -0.15) is 13.2 Å². The van der Waals surface area contributed by atoms with Crippen molar-refractivity contribution in [2.45, 2.75) is 19.7 Å². The number of benzene rings is 4. The van der Waals surface area contributed by atoms with E-state index in [2.05, 4.69) is 20.9 Å². The monoisotopic (exact) mass is 577 g/mol. The van der Waals surface area contributed by atoms with Gasteiger partial charge in [-0.25, -0.2) is 0 Å². The number of nitrogens with zero attached hydrogens (tertiary/aromatic N) is 1. The predicted octanol–water partition coefficient (Wildman–Crippen LogP) is 9.25. The number of aromatic nitrogens is 1. The molecular weight excluding hydrogens is 555 g/mol. The molecule has 38 heavy (non-hydrogen) atoms. The Hall–Kier alpha value is -3.84. The number of ether oxygens (including phenoxy) is 2. The van der Waals surface area contributed by atoms with E-state index in [0.717, 1.165) is 38.4 Å². The van der Waals surface area contributed by atoms with Crippen molar-refractivity contribution in [1.29, 1.82) is 0 Å². The summed E-state index contributed by atoms with van der Waals surface area (Å²) >= 11 is 3.48. The Kier molecular flexibility index (Phi) is 7.13. The van der Waals surface area contributed by atoms with Gasteiger partial charge < -0.3 is 9.47 Å². The van der Waals surface area contributed by atoms with Crippen LogP contribution in [-0.4, -0.2) is 12.1 Å². The molecule has 0 saturated carbocycles. The summed E-state index contributed by atoms with van der Waals surface area (Å²) in [6.07, 6.45) is -2.99. The van der Waals surface area contributed by atoms with E-state index in [4.69, 9.17) is 9.47 Å². The highest BCUT2D eigenvalue weighted by molar-refractivity contribution is 9.10. The minimum Gasteiger partial charge on any atom is -0.496 e. The number of pyridine rings is 1. The van der Waals surface area contributed by atoms with Gasteiger partial charge in [0.2, 0.25) is 0 Å². The quantitative estimate of drug-likeness (QED) is 0.201. The fourth-order valence-electron chi connectivity index (χ4n) is 4.60. The Morgan fingerprint density at radius 2 is 1.66 bits per heavy atom. The third-order valence-electron chi connectivity index (χ3n) is 6.40. The van der Waals surface area contributed by atoms with Crippen LogP contribution in [0.25, 0.3) is 33.2 Å². The number of hydrogen-bond acceptors (Lipinski definition) is 3. The Morgan fingerprint density at radius 1 is 0.868 bits per heavy atom. The molecule has 4 aromatic carbocycles. The molecular formula is C31H23BrF3NO2. The second-order valence-electron chi connectivity index (χ2n) is 8.83. The second kappa shape index (κ2) is 10.5. The van der Waals surface area contributed by atoms with Crippen molar-refractivity contribution >= 4 is 26.8 Å². The lowest BCUT2D eigenvalue weighted by molar-refractivity contribution is -0.136. The molecule has 7 heteroatoms. The van der Waals surface area contributed by atoms with Crippen LogP contribution in [0.3, 0.4) is 0 Å². The molecule has 0 aliphatic carbocycles. The predicted molar refractivity (Wildman–Crippen MR) is 147 cm³/mol. The van der Waals surface area contributed by atoms with E-state index in [0.29, 0.717) is 22.4 Å². The number of methoxy groups -OCH3 is 1. The molecule has 1 heterocycles. The summed E-state index contributed by atoms with van der Waals surface area (Å²) < 4.78 is 54.1. The number of fused-ring (bicyclic) bond motifs is 1. The van der Waals surface area contributed by atoms with Crippen LogP contribution in [0.5, 0.6) is 11.5 Å². The lowest BCUT2D eigenvalue weighted by Crippen LogP contribution is -2.07. The minimum atomic E-state index is -4.53. The second-order valence-corrected chi connectivity index (χ2v) is 9.75. The first kappa shape index (κ1) is 25.8. The number of alkyl halides is 3. The van der Waals surface area contributed by atoms with Gasteiger partial charge in [-0.05, 0) is 60.0 Å². The lowest BCUT2D eigenvalue weighted by atomic mass is 9.90. The molecule has 0 bridgehead atoms. The maximum atomic E-state index is 13.9. The first-order valence-electron chi connectivity index (χ1n) is 11.9. The number of hydrogen-bond donors (Lipinski definition) is 0. The molecule has 3 nitrogen and oxygen atoms in total. The molecule has 0 amide bonds. The average Bonchev–Trinajstić information content (AvgIpc) is 2.91. The Morgan fingerprint density at radius 3 is 2.42 bits per heavy atom. The fourth-order valence-corrected chi connectivity index (χ4v) is 5.01. The summed E-state index contributed by atoms with van der Waals surface area (Å²) in [5.74, 6) is 1.28. The third-order valence-corrected chi connectivity index (χ3v) is 6.89. The van der Waals surface area contributed by atoms with Gasteiger partial charge in [0.15, 0.2) is 0 Å². The van der Waals surface area contributed by atoms with Crippen molar-refractivity contribution in [2.24, 2.45) is 0 Å². The standard InChI is InChI=1S/C31H23BrF3NO2/c1-19-7-3-4-10-24(19)26-17-36-30-25(11-6-12-27(30)31(33,34)35)29(26)20-8-5-9-23(16-20)38-18-21-15-22(32)13-14-28(21)37-2/h3-17H,18H2,1-2H3. The van der Waals surface area contributed by atoms with Gasteiger partial charge in [-0.3, -0.25) is 4.98 Å². The summed E-state index contributed by atoms with van der Waals surface area (Å²) in [7, 11) is 1.60. The molecule has 0 N–H and O–H groups in total. The van der Waals surface area contributed by atoms with Crippen molar-refractivity contribution in [1.82, 2.24) is 4.98 Å². The molecule has 0 spiro atoms. The zero-order valence-corrected chi connectivity index (χ0v) is 22.2. The third kappa shape index (κ3) is 5.11. The summed E-state index contributed by atoms with van der Waals surface area (Å²) in [6, 6.07) is 25.0. The minimum absolute atomic E-state index is 0.0856. The van der Waals surface area contributed by atoms with Crippen LogP contribution < -0.4 is 9.47 Å². The van der Waals surface area contributed by atoms with Crippen molar-refractivity contribution < 1.29 is 22.6 Å². The van der Waals surface area contributed by atoms with E-state index < -0.39 is 11.7 Å².